The first-order chi connectivity index (χ1) is 6.24. The van der Waals surface area contributed by atoms with Gasteiger partial charge in [-0.2, -0.15) is 10.2 Å². The van der Waals surface area contributed by atoms with Gasteiger partial charge in [-0.3, -0.25) is 0 Å². The van der Waals surface area contributed by atoms with E-state index in [-0.39, 0.29) is 11.7 Å². The minimum absolute atomic E-state index is 0.257. The summed E-state index contributed by atoms with van der Waals surface area (Å²) in [6, 6.07) is 1.96. The molecule has 6 nitrogen and oxygen atoms in total. The lowest BCUT2D eigenvalue weighted by Gasteiger charge is -1.86. The van der Waals surface area contributed by atoms with E-state index in [2.05, 4.69) is 14.7 Å². The lowest BCUT2D eigenvalue weighted by atomic mass is 10.2. The average molecular weight is 181 g/mol. The summed E-state index contributed by atoms with van der Waals surface area (Å²) in [5.41, 5.74) is 0. The van der Waals surface area contributed by atoms with E-state index in [0.29, 0.717) is 19.3 Å². The summed E-state index contributed by atoms with van der Waals surface area (Å²) in [4.78, 5) is 13.9. The van der Waals surface area contributed by atoms with E-state index < -0.39 is 5.97 Å². The molecule has 0 bridgehead atoms. The van der Waals surface area contributed by atoms with Crippen LogP contribution >= 0.6 is 0 Å². The van der Waals surface area contributed by atoms with E-state index in [1.54, 1.807) is 0 Å². The molecule has 1 heterocycles. The first-order valence-corrected chi connectivity index (χ1v) is 3.67. The van der Waals surface area contributed by atoms with Crippen molar-refractivity contribution < 1.29 is 14.4 Å². The number of carboxylic acid groups (broad SMARTS) is 1. The SMILES string of the molecule is N#CCCCc1nc(C(=O)O)no1. The number of carbonyl (C=O) groups is 1. The Morgan fingerprint density at radius 2 is 2.46 bits per heavy atom. The monoisotopic (exact) mass is 181 g/mol. The molecule has 0 aliphatic carbocycles. The average Bonchev–Trinajstić information content (AvgIpc) is 2.53. The lowest BCUT2D eigenvalue weighted by Crippen LogP contribution is -1.98. The maximum atomic E-state index is 10.3. The van der Waals surface area contributed by atoms with Gasteiger partial charge in [-0.05, 0) is 11.6 Å². The lowest BCUT2D eigenvalue weighted by molar-refractivity contribution is 0.0680. The van der Waals surface area contributed by atoms with Crippen molar-refractivity contribution in [2.24, 2.45) is 0 Å². The molecule has 0 fully saturated rings. The van der Waals surface area contributed by atoms with Gasteiger partial charge in [0.05, 0.1) is 6.07 Å². The summed E-state index contributed by atoms with van der Waals surface area (Å²) in [6.45, 7) is 0. The number of aryl methyl sites for hydroxylation is 1. The summed E-state index contributed by atoms with van der Waals surface area (Å²) in [5.74, 6) is -1.30. The summed E-state index contributed by atoms with van der Waals surface area (Å²) >= 11 is 0. The Morgan fingerprint density at radius 1 is 1.69 bits per heavy atom. The smallest absolute Gasteiger partial charge is 0.377 e. The highest BCUT2D eigenvalue weighted by Gasteiger charge is 2.11. The van der Waals surface area contributed by atoms with Crippen LogP contribution in [0, 0.1) is 11.3 Å². The van der Waals surface area contributed by atoms with Gasteiger partial charge in [0.2, 0.25) is 5.89 Å². The van der Waals surface area contributed by atoms with E-state index in [9.17, 15) is 4.79 Å². The van der Waals surface area contributed by atoms with E-state index in [1.165, 1.54) is 0 Å². The molecule has 0 saturated heterocycles. The third-order valence-electron chi connectivity index (χ3n) is 1.34. The molecule has 0 aromatic carbocycles. The van der Waals surface area contributed by atoms with Gasteiger partial charge in [-0.15, -0.1) is 0 Å². The molecule has 1 aromatic rings. The highest BCUT2D eigenvalue weighted by molar-refractivity contribution is 5.82. The summed E-state index contributed by atoms with van der Waals surface area (Å²) in [6.07, 6.45) is 1.43. The Labute approximate surface area is 73.8 Å². The molecular formula is C7H7N3O3. The van der Waals surface area contributed by atoms with E-state index in [1.807, 2.05) is 6.07 Å². The molecular weight excluding hydrogens is 174 g/mol. The van der Waals surface area contributed by atoms with Gasteiger partial charge in [0, 0.05) is 12.8 Å². The fraction of sp³-hybridized carbons (Fsp3) is 0.429. The van der Waals surface area contributed by atoms with E-state index in [0.717, 1.165) is 0 Å². The van der Waals surface area contributed by atoms with Crippen molar-refractivity contribution in [2.45, 2.75) is 19.3 Å². The van der Waals surface area contributed by atoms with Crippen molar-refractivity contribution >= 4 is 5.97 Å². The van der Waals surface area contributed by atoms with Crippen molar-refractivity contribution in [3.8, 4) is 6.07 Å². The van der Waals surface area contributed by atoms with E-state index in [4.69, 9.17) is 10.4 Å². The van der Waals surface area contributed by atoms with Gasteiger partial charge in [-0.25, -0.2) is 4.79 Å². The van der Waals surface area contributed by atoms with Crippen LogP contribution in [0.1, 0.15) is 29.4 Å². The molecule has 0 aliphatic rings. The number of rotatable bonds is 4. The van der Waals surface area contributed by atoms with Gasteiger partial charge in [-0.1, -0.05) is 0 Å². The summed E-state index contributed by atoms with van der Waals surface area (Å²) < 4.78 is 4.62. The fourth-order valence-electron chi connectivity index (χ4n) is 0.762. The number of nitrogens with zero attached hydrogens (tertiary/aromatic N) is 3. The van der Waals surface area contributed by atoms with Crippen LogP contribution in [0.2, 0.25) is 0 Å². The van der Waals surface area contributed by atoms with Crippen LogP contribution in [-0.4, -0.2) is 21.2 Å². The van der Waals surface area contributed by atoms with Crippen molar-refractivity contribution in [1.82, 2.24) is 10.1 Å². The van der Waals surface area contributed by atoms with E-state index >= 15 is 0 Å². The Morgan fingerprint density at radius 3 is 3.00 bits per heavy atom. The maximum absolute atomic E-state index is 10.3. The van der Waals surface area contributed by atoms with Crippen LogP contribution < -0.4 is 0 Å². The molecule has 1 aromatic heterocycles. The topological polar surface area (TPSA) is 100 Å². The molecule has 0 saturated carbocycles. The number of carboxylic acids is 1. The minimum Gasteiger partial charge on any atom is -0.475 e. The molecule has 1 rings (SSSR count). The number of hydrogen-bond donors (Lipinski definition) is 1. The van der Waals surface area contributed by atoms with Crippen LogP contribution in [0.15, 0.2) is 4.52 Å². The normalized spacial score (nSPS) is 9.46. The third kappa shape index (κ3) is 2.56. The van der Waals surface area contributed by atoms with Gasteiger partial charge in [0.15, 0.2) is 0 Å². The van der Waals surface area contributed by atoms with Crippen LogP contribution in [-0.2, 0) is 6.42 Å². The minimum atomic E-state index is -1.21. The molecule has 0 atom stereocenters. The number of nitriles is 1. The van der Waals surface area contributed by atoms with Gasteiger partial charge < -0.3 is 9.63 Å². The van der Waals surface area contributed by atoms with Crippen molar-refractivity contribution in [2.75, 3.05) is 0 Å². The number of aromatic nitrogens is 2. The largest absolute Gasteiger partial charge is 0.475 e. The number of unbranched alkanes of at least 4 members (excludes halogenated alkanes) is 1. The molecule has 68 valence electrons. The quantitative estimate of drug-likeness (QED) is 0.683. The van der Waals surface area contributed by atoms with Gasteiger partial charge in [0.1, 0.15) is 0 Å². The summed E-state index contributed by atoms with van der Waals surface area (Å²) in [5, 5.41) is 19.9. The highest BCUT2D eigenvalue weighted by atomic mass is 16.5. The summed E-state index contributed by atoms with van der Waals surface area (Å²) in [7, 11) is 0. The molecule has 1 N–H and O–H groups in total. The molecule has 0 spiro atoms. The number of aromatic carboxylic acids is 1. The zero-order chi connectivity index (χ0) is 9.68. The fourth-order valence-corrected chi connectivity index (χ4v) is 0.762. The van der Waals surface area contributed by atoms with Crippen LogP contribution in [0.4, 0.5) is 0 Å². The maximum Gasteiger partial charge on any atom is 0.377 e. The zero-order valence-corrected chi connectivity index (χ0v) is 6.73. The van der Waals surface area contributed by atoms with Crippen LogP contribution in [0.3, 0.4) is 0 Å². The predicted octanol–water partition coefficient (Wildman–Crippen LogP) is 0.614. The Hall–Kier alpha value is -1.90. The van der Waals surface area contributed by atoms with Crippen molar-refractivity contribution in [1.29, 1.82) is 5.26 Å². The second-order valence-corrected chi connectivity index (χ2v) is 2.33. The predicted molar refractivity (Wildman–Crippen MR) is 39.8 cm³/mol. The molecule has 0 radical (unpaired) electrons. The molecule has 0 aliphatic heterocycles. The van der Waals surface area contributed by atoms with Crippen LogP contribution in [0.25, 0.3) is 0 Å². The Kier molecular flexibility index (Phi) is 2.97. The second-order valence-electron chi connectivity index (χ2n) is 2.33. The van der Waals surface area contributed by atoms with Crippen LogP contribution in [0.5, 0.6) is 0 Å². The highest BCUT2D eigenvalue weighted by Crippen LogP contribution is 2.02. The molecule has 6 heteroatoms. The van der Waals surface area contributed by atoms with Crippen molar-refractivity contribution in [3.63, 3.8) is 0 Å². The molecule has 0 amide bonds. The third-order valence-corrected chi connectivity index (χ3v) is 1.34. The van der Waals surface area contributed by atoms with Gasteiger partial charge >= 0.3 is 5.97 Å². The standard InChI is InChI=1S/C7H7N3O3/c8-4-2-1-3-5-9-6(7(11)12)10-13-5/h1-3H2,(H,11,12). The molecule has 0 unspecified atom stereocenters. The zero-order valence-electron chi connectivity index (χ0n) is 6.73. The van der Waals surface area contributed by atoms with Gasteiger partial charge in [0.25, 0.3) is 5.82 Å². The Bertz CT molecular complexity index is 339. The Balaban J connectivity index is 2.50. The number of hydrogen-bond acceptors (Lipinski definition) is 5. The first-order valence-electron chi connectivity index (χ1n) is 3.67. The van der Waals surface area contributed by atoms with Crippen molar-refractivity contribution in [3.05, 3.63) is 11.7 Å². The molecule has 13 heavy (non-hydrogen) atoms. The first kappa shape index (κ1) is 9.19. The second kappa shape index (κ2) is 4.21.